The van der Waals surface area contributed by atoms with E-state index in [0.717, 1.165) is 52.7 Å². The number of hydrogen-bond acceptors (Lipinski definition) is 7. The van der Waals surface area contributed by atoms with E-state index in [1.165, 1.54) is 0 Å². The molecule has 1 aliphatic rings. The van der Waals surface area contributed by atoms with Gasteiger partial charge in [0.2, 0.25) is 0 Å². The molecule has 1 aliphatic carbocycles. The summed E-state index contributed by atoms with van der Waals surface area (Å²) in [4.78, 5) is 33.9. The molecule has 7 heteroatoms. The lowest BCUT2D eigenvalue weighted by Gasteiger charge is -2.01. The van der Waals surface area contributed by atoms with Gasteiger partial charge < -0.3 is 5.11 Å². The molecule has 0 atom stereocenters. The molecule has 0 spiro atoms. The Morgan fingerprint density at radius 2 is 1.92 bits per heavy atom. The monoisotopic (exact) mass is 378 g/mol. The predicted octanol–water partition coefficient (Wildman–Crippen LogP) is 4.15. The van der Waals surface area contributed by atoms with Crippen molar-refractivity contribution in [3.63, 3.8) is 0 Å². The Morgan fingerprint density at radius 3 is 2.56 bits per heavy atom. The van der Waals surface area contributed by atoms with Crippen LogP contribution in [0.25, 0.3) is 10.0 Å². The summed E-state index contributed by atoms with van der Waals surface area (Å²) >= 11 is 3.19. The normalized spacial score (nSPS) is 14.0. The Balaban J connectivity index is 1.61. The molecule has 0 aliphatic heterocycles. The predicted molar refractivity (Wildman–Crippen MR) is 99.4 cm³/mol. The first-order chi connectivity index (χ1) is 12.1. The number of aliphatic hydroxyl groups excluding tert-OH is 1. The molecule has 0 amide bonds. The smallest absolute Gasteiger partial charge is 0.182 e. The number of nitrogens with zero attached hydrogens (tertiary/aromatic N) is 2. The maximum absolute atomic E-state index is 12.6. The summed E-state index contributed by atoms with van der Waals surface area (Å²) in [5.74, 6) is 0.463. The summed E-state index contributed by atoms with van der Waals surface area (Å²) in [7, 11) is 0. The van der Waals surface area contributed by atoms with Gasteiger partial charge >= 0.3 is 0 Å². The van der Waals surface area contributed by atoms with E-state index in [1.807, 2.05) is 12.3 Å². The summed E-state index contributed by atoms with van der Waals surface area (Å²) in [6.07, 6.45) is 5.44. The van der Waals surface area contributed by atoms with Gasteiger partial charge in [-0.25, -0.2) is 9.97 Å². The van der Waals surface area contributed by atoms with Crippen LogP contribution in [0.5, 0.6) is 0 Å². The number of carbonyl (C=O) groups excluding carboxylic acids is 2. The van der Waals surface area contributed by atoms with Gasteiger partial charge in [-0.1, -0.05) is 6.42 Å². The third-order valence-corrected chi connectivity index (χ3v) is 6.52. The van der Waals surface area contributed by atoms with Crippen molar-refractivity contribution in [2.45, 2.75) is 57.8 Å². The van der Waals surface area contributed by atoms with Crippen molar-refractivity contribution in [2.24, 2.45) is 0 Å². The molecule has 1 N–H and O–H groups in total. The van der Waals surface area contributed by atoms with Crippen LogP contribution in [0.1, 0.15) is 71.9 Å². The zero-order chi connectivity index (χ0) is 17.8. The second-order valence-corrected chi connectivity index (χ2v) is 8.37. The first-order valence-corrected chi connectivity index (χ1v) is 10.4. The Bertz CT molecular complexity index is 762. The first-order valence-electron chi connectivity index (χ1n) is 8.67. The third-order valence-electron chi connectivity index (χ3n) is 4.20. The molecule has 134 valence electrons. The van der Waals surface area contributed by atoms with Crippen LogP contribution >= 0.6 is 22.7 Å². The molecular formula is C18H22N2O3S2. The fraction of sp³-hybridized carbons (Fsp3) is 0.556. The third kappa shape index (κ3) is 4.80. The van der Waals surface area contributed by atoms with E-state index in [2.05, 4.69) is 9.97 Å². The minimum Gasteiger partial charge on any atom is -0.389 e. The average molecular weight is 379 g/mol. The quantitative estimate of drug-likeness (QED) is 0.496. The molecule has 1 fully saturated rings. The fourth-order valence-electron chi connectivity index (χ4n) is 2.68. The molecule has 25 heavy (non-hydrogen) atoms. The van der Waals surface area contributed by atoms with E-state index in [1.54, 1.807) is 22.7 Å². The van der Waals surface area contributed by atoms with Gasteiger partial charge in [0.05, 0.1) is 0 Å². The number of rotatable bonds is 10. The standard InChI is InChI=1S/C18H22N2O3S2/c1-11-10-24-17(19-11)18-20-15(16(25-18)12-7-8-12)14(23)6-4-2-3-5-13(22)9-21/h10,12,21H,2-9H2,1H3. The van der Waals surface area contributed by atoms with Crippen LogP contribution in [0.3, 0.4) is 0 Å². The van der Waals surface area contributed by atoms with Crippen molar-refractivity contribution in [3.05, 3.63) is 21.6 Å². The second-order valence-electron chi connectivity index (χ2n) is 6.48. The number of hydrogen-bond donors (Lipinski definition) is 1. The number of thiazole rings is 2. The Labute approximate surface area is 155 Å². The van der Waals surface area contributed by atoms with Crippen molar-refractivity contribution < 1.29 is 14.7 Å². The molecule has 2 aromatic heterocycles. The number of aromatic nitrogens is 2. The largest absolute Gasteiger partial charge is 0.389 e. The van der Waals surface area contributed by atoms with Crippen LogP contribution in [0.15, 0.2) is 5.38 Å². The number of Topliss-reactive ketones (excluding diaryl/α,β-unsaturated/α-hetero) is 2. The van der Waals surface area contributed by atoms with E-state index in [9.17, 15) is 9.59 Å². The summed E-state index contributed by atoms with van der Waals surface area (Å²) < 4.78 is 0. The van der Waals surface area contributed by atoms with Crippen molar-refractivity contribution in [1.29, 1.82) is 0 Å². The van der Waals surface area contributed by atoms with Crippen LogP contribution in [0.2, 0.25) is 0 Å². The lowest BCUT2D eigenvalue weighted by molar-refractivity contribution is -0.121. The lowest BCUT2D eigenvalue weighted by Crippen LogP contribution is -2.04. The molecule has 0 unspecified atom stereocenters. The van der Waals surface area contributed by atoms with Gasteiger partial charge in [0.25, 0.3) is 0 Å². The number of carbonyl (C=O) groups is 2. The Kier molecular flexibility index (Phi) is 6.09. The minimum absolute atomic E-state index is 0.103. The lowest BCUT2D eigenvalue weighted by atomic mass is 10.1. The van der Waals surface area contributed by atoms with Crippen LogP contribution in [0.4, 0.5) is 0 Å². The van der Waals surface area contributed by atoms with Gasteiger partial charge in [0.1, 0.15) is 12.3 Å². The first kappa shape index (κ1) is 18.4. The number of aryl methyl sites for hydroxylation is 1. The van der Waals surface area contributed by atoms with Gasteiger partial charge in [-0.2, -0.15) is 0 Å². The van der Waals surface area contributed by atoms with Crippen LogP contribution in [0, 0.1) is 6.92 Å². The van der Waals surface area contributed by atoms with E-state index < -0.39 is 0 Å². The Hall–Kier alpha value is -1.44. The summed E-state index contributed by atoms with van der Waals surface area (Å²) in [6, 6.07) is 0. The molecule has 0 aromatic carbocycles. The molecule has 2 heterocycles. The van der Waals surface area contributed by atoms with Crippen molar-refractivity contribution in [3.8, 4) is 10.0 Å². The number of ketones is 2. The molecular weight excluding hydrogens is 356 g/mol. The Morgan fingerprint density at radius 1 is 1.16 bits per heavy atom. The summed E-state index contributed by atoms with van der Waals surface area (Å²) in [6.45, 7) is 1.57. The average Bonchev–Trinajstić information content (AvgIpc) is 3.20. The van der Waals surface area contributed by atoms with Crippen molar-refractivity contribution in [2.75, 3.05) is 6.61 Å². The van der Waals surface area contributed by atoms with Gasteiger partial charge in [-0.15, -0.1) is 22.7 Å². The van der Waals surface area contributed by atoms with Gasteiger partial charge in [0.15, 0.2) is 21.6 Å². The minimum atomic E-state index is -0.387. The zero-order valence-electron chi connectivity index (χ0n) is 14.3. The molecule has 0 saturated heterocycles. The van der Waals surface area contributed by atoms with Gasteiger partial charge in [-0.3, -0.25) is 9.59 Å². The van der Waals surface area contributed by atoms with E-state index in [-0.39, 0.29) is 18.2 Å². The van der Waals surface area contributed by atoms with Crippen molar-refractivity contribution >= 4 is 34.2 Å². The molecule has 1 saturated carbocycles. The highest BCUT2D eigenvalue weighted by Gasteiger charge is 2.32. The summed E-state index contributed by atoms with van der Waals surface area (Å²) in [5, 5.41) is 12.5. The topological polar surface area (TPSA) is 80.2 Å². The highest BCUT2D eigenvalue weighted by atomic mass is 32.1. The second kappa shape index (κ2) is 8.29. The van der Waals surface area contributed by atoms with E-state index in [0.29, 0.717) is 24.5 Å². The number of unbranched alkanes of at least 4 members (excludes halogenated alkanes) is 2. The van der Waals surface area contributed by atoms with Crippen LogP contribution in [-0.2, 0) is 4.79 Å². The van der Waals surface area contributed by atoms with Crippen LogP contribution in [-0.4, -0.2) is 33.2 Å². The molecule has 3 rings (SSSR count). The molecule has 5 nitrogen and oxygen atoms in total. The molecule has 2 aromatic rings. The van der Waals surface area contributed by atoms with E-state index in [4.69, 9.17) is 5.11 Å². The maximum Gasteiger partial charge on any atom is 0.182 e. The van der Waals surface area contributed by atoms with Crippen molar-refractivity contribution in [1.82, 2.24) is 9.97 Å². The SMILES string of the molecule is Cc1csc(-c2nc(C(=O)CCCCCC(=O)CO)c(C3CC3)s2)n1. The fourth-order valence-corrected chi connectivity index (χ4v) is 4.76. The summed E-state index contributed by atoms with van der Waals surface area (Å²) in [5.41, 5.74) is 1.62. The number of aliphatic hydroxyl groups is 1. The van der Waals surface area contributed by atoms with Gasteiger partial charge in [-0.05, 0) is 38.5 Å². The highest BCUT2D eigenvalue weighted by molar-refractivity contribution is 7.21. The van der Waals surface area contributed by atoms with Gasteiger partial charge in [0, 0.05) is 28.8 Å². The zero-order valence-corrected chi connectivity index (χ0v) is 15.9. The molecule has 0 radical (unpaired) electrons. The maximum atomic E-state index is 12.6. The molecule has 0 bridgehead atoms. The van der Waals surface area contributed by atoms with Crippen LogP contribution < -0.4 is 0 Å². The van der Waals surface area contributed by atoms with E-state index >= 15 is 0 Å². The highest BCUT2D eigenvalue weighted by Crippen LogP contribution is 2.46.